The number of rotatable bonds is 8. The Hall–Kier alpha value is -4.79. The molecule has 0 saturated carbocycles. The zero-order valence-corrected chi connectivity index (χ0v) is 23.7. The van der Waals surface area contributed by atoms with Gasteiger partial charge in [-0.15, -0.1) is 0 Å². The third kappa shape index (κ3) is 6.10. The molecule has 0 N–H and O–H groups in total. The molecule has 42 heavy (non-hydrogen) atoms. The van der Waals surface area contributed by atoms with E-state index in [4.69, 9.17) is 19.2 Å². The molecule has 3 heterocycles. The molecule has 1 fully saturated rings. The van der Waals surface area contributed by atoms with Crippen LogP contribution in [0.1, 0.15) is 25.2 Å². The fraction of sp³-hybridized carbons (Fsp3) is 0.273. The Morgan fingerprint density at radius 3 is 2.40 bits per heavy atom. The maximum absolute atomic E-state index is 13.3. The third-order valence-corrected chi connectivity index (χ3v) is 7.24. The van der Waals surface area contributed by atoms with Gasteiger partial charge >= 0.3 is 0 Å². The molecule has 214 valence electrons. The molecular formula is C33H32FN5O3. The molecule has 0 bridgehead atoms. The van der Waals surface area contributed by atoms with Crippen LogP contribution in [-0.2, 0) is 17.6 Å². The van der Waals surface area contributed by atoms with E-state index in [2.05, 4.69) is 23.9 Å². The lowest BCUT2D eigenvalue weighted by Gasteiger charge is -2.35. The number of halogens is 1. The monoisotopic (exact) mass is 565 g/mol. The molecule has 8 nitrogen and oxygen atoms in total. The van der Waals surface area contributed by atoms with E-state index in [1.165, 1.54) is 12.1 Å². The van der Waals surface area contributed by atoms with E-state index >= 15 is 0 Å². The SMILES string of the molecule is CC(C)Cc1nc(N2CCN(C(=O)Cc3ccc(F)cc3)CC2)c2c(-c3cccc(Oc4ccccc4)c3)noc2n1. The summed E-state index contributed by atoms with van der Waals surface area (Å²) in [4.78, 5) is 26.7. The zero-order valence-electron chi connectivity index (χ0n) is 23.7. The number of carbonyl (C=O) groups is 1. The van der Waals surface area contributed by atoms with Crippen LogP contribution in [0.5, 0.6) is 11.5 Å². The lowest BCUT2D eigenvalue weighted by molar-refractivity contribution is -0.130. The molecule has 0 atom stereocenters. The fourth-order valence-corrected chi connectivity index (χ4v) is 5.15. The minimum absolute atomic E-state index is 0.0236. The second kappa shape index (κ2) is 12.0. The van der Waals surface area contributed by atoms with Crippen LogP contribution >= 0.6 is 0 Å². The van der Waals surface area contributed by atoms with Crippen LogP contribution in [-0.4, -0.2) is 52.1 Å². The summed E-state index contributed by atoms with van der Waals surface area (Å²) in [5, 5.41) is 5.18. The molecular weight excluding hydrogens is 533 g/mol. The topological polar surface area (TPSA) is 84.6 Å². The summed E-state index contributed by atoms with van der Waals surface area (Å²) in [7, 11) is 0. The molecule has 1 amide bonds. The lowest BCUT2D eigenvalue weighted by Crippen LogP contribution is -2.49. The fourth-order valence-electron chi connectivity index (χ4n) is 5.15. The minimum atomic E-state index is -0.309. The number of piperazine rings is 1. The number of fused-ring (bicyclic) bond motifs is 1. The number of para-hydroxylation sites is 1. The summed E-state index contributed by atoms with van der Waals surface area (Å²) < 4.78 is 25.1. The van der Waals surface area contributed by atoms with Crippen molar-refractivity contribution in [1.82, 2.24) is 20.0 Å². The van der Waals surface area contributed by atoms with Crippen molar-refractivity contribution in [3.63, 3.8) is 0 Å². The number of amides is 1. The smallest absolute Gasteiger partial charge is 0.263 e. The maximum Gasteiger partial charge on any atom is 0.263 e. The van der Waals surface area contributed by atoms with Gasteiger partial charge in [0.25, 0.3) is 5.71 Å². The van der Waals surface area contributed by atoms with Crippen molar-refractivity contribution in [3.05, 3.63) is 96.1 Å². The molecule has 9 heteroatoms. The van der Waals surface area contributed by atoms with Gasteiger partial charge in [-0.3, -0.25) is 4.79 Å². The molecule has 1 aliphatic heterocycles. The van der Waals surface area contributed by atoms with E-state index in [0.29, 0.717) is 61.5 Å². The Bertz CT molecular complexity index is 1680. The summed E-state index contributed by atoms with van der Waals surface area (Å²) in [5.74, 6) is 2.96. The molecule has 0 radical (unpaired) electrons. The van der Waals surface area contributed by atoms with Gasteiger partial charge in [0.05, 0.1) is 6.42 Å². The van der Waals surface area contributed by atoms with Crippen molar-refractivity contribution < 1.29 is 18.4 Å². The van der Waals surface area contributed by atoms with Gasteiger partial charge in [-0.25, -0.2) is 9.37 Å². The van der Waals surface area contributed by atoms with Crippen LogP contribution < -0.4 is 9.64 Å². The van der Waals surface area contributed by atoms with Crippen LogP contribution in [0, 0.1) is 11.7 Å². The standard InChI is InChI=1S/C33H32FN5O3/c1-22(2)19-28-35-32(39-17-15-38(16-18-39)29(40)20-23-11-13-25(34)14-12-23)30-31(37-42-33(30)36-28)24-7-6-10-27(21-24)41-26-8-4-3-5-9-26/h3-14,21-22H,15-20H2,1-2H3. The Kier molecular flexibility index (Phi) is 7.81. The van der Waals surface area contributed by atoms with Gasteiger partial charge in [0.2, 0.25) is 5.91 Å². The predicted molar refractivity (Wildman–Crippen MR) is 159 cm³/mol. The zero-order chi connectivity index (χ0) is 29.1. The van der Waals surface area contributed by atoms with E-state index in [9.17, 15) is 9.18 Å². The van der Waals surface area contributed by atoms with Crippen LogP contribution in [0.4, 0.5) is 10.2 Å². The highest BCUT2D eigenvalue weighted by molar-refractivity contribution is 5.98. The van der Waals surface area contributed by atoms with Crippen LogP contribution in [0.3, 0.4) is 0 Å². The second-order valence-corrected chi connectivity index (χ2v) is 10.9. The van der Waals surface area contributed by atoms with Crippen molar-refractivity contribution in [3.8, 4) is 22.8 Å². The van der Waals surface area contributed by atoms with Gasteiger partial charge in [-0.05, 0) is 47.9 Å². The minimum Gasteiger partial charge on any atom is -0.457 e. The normalized spacial score (nSPS) is 13.6. The quantitative estimate of drug-likeness (QED) is 0.218. The number of benzene rings is 3. The van der Waals surface area contributed by atoms with E-state index in [0.717, 1.165) is 28.1 Å². The maximum atomic E-state index is 13.3. The molecule has 0 unspecified atom stereocenters. The number of aromatic nitrogens is 3. The predicted octanol–water partition coefficient (Wildman–Crippen LogP) is 6.31. The largest absolute Gasteiger partial charge is 0.457 e. The van der Waals surface area contributed by atoms with Gasteiger partial charge < -0.3 is 19.1 Å². The van der Waals surface area contributed by atoms with Crippen molar-refractivity contribution in [2.45, 2.75) is 26.7 Å². The summed E-state index contributed by atoms with van der Waals surface area (Å²) in [6.45, 7) is 6.55. The molecule has 6 rings (SSSR count). The second-order valence-electron chi connectivity index (χ2n) is 10.9. The first kappa shape index (κ1) is 27.4. The number of nitrogens with zero attached hydrogens (tertiary/aromatic N) is 5. The summed E-state index contributed by atoms with van der Waals surface area (Å²) in [5.41, 5.74) is 2.71. The first-order valence-corrected chi connectivity index (χ1v) is 14.2. The Balaban J connectivity index is 1.28. The molecule has 2 aromatic heterocycles. The molecule has 0 aliphatic carbocycles. The third-order valence-electron chi connectivity index (χ3n) is 7.24. The van der Waals surface area contributed by atoms with Crippen molar-refractivity contribution in [2.75, 3.05) is 31.1 Å². The Labute approximate surface area is 243 Å². The summed E-state index contributed by atoms with van der Waals surface area (Å²) >= 11 is 0. The average Bonchev–Trinajstić information content (AvgIpc) is 3.42. The number of ether oxygens (including phenoxy) is 1. The van der Waals surface area contributed by atoms with Crippen molar-refractivity contribution in [1.29, 1.82) is 0 Å². The van der Waals surface area contributed by atoms with E-state index in [-0.39, 0.29) is 18.1 Å². The average molecular weight is 566 g/mol. The number of hydrogen-bond acceptors (Lipinski definition) is 7. The van der Waals surface area contributed by atoms with Gasteiger partial charge in [0.15, 0.2) is 0 Å². The Morgan fingerprint density at radius 1 is 0.929 bits per heavy atom. The Morgan fingerprint density at radius 2 is 1.67 bits per heavy atom. The first-order valence-electron chi connectivity index (χ1n) is 14.2. The summed E-state index contributed by atoms with van der Waals surface area (Å²) in [6.07, 6.45) is 0.948. The van der Waals surface area contributed by atoms with E-state index in [1.807, 2.05) is 59.5 Å². The van der Waals surface area contributed by atoms with Crippen molar-refractivity contribution >= 4 is 22.8 Å². The molecule has 1 aliphatic rings. The number of anilines is 1. The van der Waals surface area contributed by atoms with Gasteiger partial charge in [-0.2, -0.15) is 4.98 Å². The lowest BCUT2D eigenvalue weighted by atomic mass is 10.1. The van der Waals surface area contributed by atoms with Crippen LogP contribution in [0.15, 0.2) is 83.4 Å². The van der Waals surface area contributed by atoms with E-state index in [1.54, 1.807) is 12.1 Å². The van der Waals surface area contributed by atoms with Crippen molar-refractivity contribution in [2.24, 2.45) is 5.92 Å². The first-order chi connectivity index (χ1) is 20.4. The number of carbonyl (C=O) groups excluding carboxylic acids is 1. The van der Waals surface area contributed by atoms with Gasteiger partial charge in [0.1, 0.15) is 40.0 Å². The molecule has 1 saturated heterocycles. The molecule has 0 spiro atoms. The molecule has 3 aromatic carbocycles. The highest BCUT2D eigenvalue weighted by Gasteiger charge is 2.27. The van der Waals surface area contributed by atoms with Crippen LogP contribution in [0.2, 0.25) is 0 Å². The summed E-state index contributed by atoms with van der Waals surface area (Å²) in [6, 6.07) is 23.4. The van der Waals surface area contributed by atoms with Gasteiger partial charge in [-0.1, -0.05) is 61.5 Å². The molecule has 5 aromatic rings. The van der Waals surface area contributed by atoms with Gasteiger partial charge in [0, 0.05) is 38.2 Å². The van der Waals surface area contributed by atoms with Crippen LogP contribution in [0.25, 0.3) is 22.4 Å². The highest BCUT2D eigenvalue weighted by Crippen LogP contribution is 2.36. The highest BCUT2D eigenvalue weighted by atomic mass is 19.1. The van der Waals surface area contributed by atoms with E-state index < -0.39 is 0 Å². The number of hydrogen-bond donors (Lipinski definition) is 0.